The number of hydrogen-bond donors (Lipinski definition) is 0. The molecule has 1 nitrogen and oxygen atoms in total. The van der Waals surface area contributed by atoms with E-state index in [4.69, 9.17) is 23.2 Å². The van der Waals surface area contributed by atoms with E-state index >= 15 is 0 Å². The Morgan fingerprint density at radius 3 is 2.26 bits per heavy atom. The molecule has 0 amide bonds. The normalized spacial score (nSPS) is 14.5. The van der Waals surface area contributed by atoms with Gasteiger partial charge in [0, 0.05) is 11.2 Å². The van der Waals surface area contributed by atoms with Crippen LogP contribution in [0.1, 0.15) is 23.4 Å². The van der Waals surface area contributed by atoms with Gasteiger partial charge in [0.2, 0.25) is 0 Å². The summed E-state index contributed by atoms with van der Waals surface area (Å²) in [5.41, 5.74) is 2.11. The highest BCUT2D eigenvalue weighted by molar-refractivity contribution is 6.30. The molecule has 19 heavy (non-hydrogen) atoms. The molecule has 2 rings (SSSR count). The second-order valence-corrected chi connectivity index (χ2v) is 5.29. The Morgan fingerprint density at radius 2 is 1.63 bits per heavy atom. The number of aliphatic imine (C=N–C) groups is 1. The Balaban J connectivity index is 2.04. The molecular weight excluding hydrogens is 277 g/mol. The molecule has 0 fully saturated rings. The van der Waals surface area contributed by atoms with Crippen LogP contribution in [0.2, 0.25) is 5.02 Å². The summed E-state index contributed by atoms with van der Waals surface area (Å²) in [5.74, 6) is 0. The van der Waals surface area contributed by atoms with Gasteiger partial charge in [0.15, 0.2) is 0 Å². The summed E-state index contributed by atoms with van der Waals surface area (Å²) in [6.45, 7) is 2.01. The first-order valence-electron chi connectivity index (χ1n) is 6.14. The number of nitrogens with zero attached hydrogens (tertiary/aromatic N) is 1. The van der Waals surface area contributed by atoms with Crippen LogP contribution in [0.4, 0.5) is 0 Å². The Kier molecular flexibility index (Phi) is 5.00. The SMILES string of the molecule is C[C@H](N=Cc1ccc(Cl)cc1)[C@@H](Cl)c1ccccc1. The highest BCUT2D eigenvalue weighted by Crippen LogP contribution is 2.25. The first kappa shape index (κ1) is 14.1. The van der Waals surface area contributed by atoms with E-state index in [1.54, 1.807) is 0 Å². The van der Waals surface area contributed by atoms with E-state index < -0.39 is 0 Å². The van der Waals surface area contributed by atoms with Crippen molar-refractivity contribution in [3.05, 3.63) is 70.7 Å². The lowest BCUT2D eigenvalue weighted by Gasteiger charge is -2.14. The number of hydrogen-bond acceptors (Lipinski definition) is 1. The van der Waals surface area contributed by atoms with E-state index in [1.165, 1.54) is 0 Å². The van der Waals surface area contributed by atoms with Crippen molar-refractivity contribution in [2.75, 3.05) is 0 Å². The Bertz CT molecular complexity index is 534. The Morgan fingerprint density at radius 1 is 1.00 bits per heavy atom. The molecule has 0 heterocycles. The standard InChI is InChI=1S/C16H15Cl2N/c1-12(16(18)14-5-3-2-4-6-14)19-11-13-7-9-15(17)10-8-13/h2-12,16H,1H3/t12-,16+/m0/s1. The molecule has 0 aliphatic carbocycles. The predicted octanol–water partition coefficient (Wildman–Crippen LogP) is 5.13. The average molecular weight is 292 g/mol. The van der Waals surface area contributed by atoms with Gasteiger partial charge in [-0.1, -0.05) is 54.1 Å². The molecule has 2 aromatic rings. The largest absolute Gasteiger partial charge is 0.288 e. The van der Waals surface area contributed by atoms with Gasteiger partial charge < -0.3 is 0 Å². The summed E-state index contributed by atoms with van der Waals surface area (Å²) < 4.78 is 0. The molecule has 98 valence electrons. The van der Waals surface area contributed by atoms with Crippen LogP contribution in [0.3, 0.4) is 0 Å². The van der Waals surface area contributed by atoms with Crippen molar-refractivity contribution in [2.45, 2.75) is 18.3 Å². The molecule has 0 aliphatic heterocycles. The molecule has 0 N–H and O–H groups in total. The summed E-state index contributed by atoms with van der Waals surface area (Å²) in [7, 11) is 0. The number of benzene rings is 2. The molecule has 2 aromatic carbocycles. The molecule has 3 heteroatoms. The topological polar surface area (TPSA) is 12.4 Å². The lowest BCUT2D eigenvalue weighted by molar-refractivity contribution is 0.719. The van der Waals surface area contributed by atoms with E-state index in [-0.39, 0.29) is 11.4 Å². The van der Waals surface area contributed by atoms with Crippen LogP contribution < -0.4 is 0 Å². The third-order valence-corrected chi connectivity index (χ3v) is 3.74. The van der Waals surface area contributed by atoms with Gasteiger partial charge in [-0.25, -0.2) is 0 Å². The monoisotopic (exact) mass is 291 g/mol. The highest BCUT2D eigenvalue weighted by atomic mass is 35.5. The number of rotatable bonds is 4. The fraction of sp³-hybridized carbons (Fsp3) is 0.188. The molecule has 0 unspecified atom stereocenters. The molecule has 0 saturated carbocycles. The van der Waals surface area contributed by atoms with Crippen molar-refractivity contribution >= 4 is 29.4 Å². The zero-order chi connectivity index (χ0) is 13.7. The zero-order valence-electron chi connectivity index (χ0n) is 10.6. The first-order valence-corrected chi connectivity index (χ1v) is 6.96. The molecule has 0 radical (unpaired) electrons. The van der Waals surface area contributed by atoms with Crippen molar-refractivity contribution in [2.24, 2.45) is 4.99 Å². The van der Waals surface area contributed by atoms with Crippen LogP contribution >= 0.6 is 23.2 Å². The maximum Gasteiger partial charge on any atom is 0.0806 e. The van der Waals surface area contributed by atoms with E-state index in [2.05, 4.69) is 4.99 Å². The van der Waals surface area contributed by atoms with Crippen LogP contribution in [0.15, 0.2) is 59.6 Å². The van der Waals surface area contributed by atoms with Crippen molar-refractivity contribution in [1.29, 1.82) is 0 Å². The van der Waals surface area contributed by atoms with E-state index in [1.807, 2.05) is 67.7 Å². The molecular formula is C16H15Cl2N. The predicted molar refractivity (Wildman–Crippen MR) is 83.5 cm³/mol. The second-order valence-electron chi connectivity index (χ2n) is 4.38. The van der Waals surface area contributed by atoms with Gasteiger partial charge in [0.1, 0.15) is 0 Å². The first-order chi connectivity index (χ1) is 9.16. The number of alkyl halides is 1. The summed E-state index contributed by atoms with van der Waals surface area (Å²) in [4.78, 5) is 4.50. The van der Waals surface area contributed by atoms with Crippen LogP contribution in [0.5, 0.6) is 0 Å². The third kappa shape index (κ3) is 4.09. The van der Waals surface area contributed by atoms with Crippen molar-refractivity contribution < 1.29 is 0 Å². The van der Waals surface area contributed by atoms with E-state index in [0.717, 1.165) is 16.1 Å². The molecule has 0 saturated heterocycles. The number of halogens is 2. The molecule has 2 atom stereocenters. The Labute approximate surface area is 123 Å². The summed E-state index contributed by atoms with van der Waals surface area (Å²) >= 11 is 12.3. The summed E-state index contributed by atoms with van der Waals surface area (Å²) in [6.07, 6.45) is 1.83. The minimum Gasteiger partial charge on any atom is -0.288 e. The van der Waals surface area contributed by atoms with Crippen molar-refractivity contribution in [3.8, 4) is 0 Å². The van der Waals surface area contributed by atoms with E-state index in [9.17, 15) is 0 Å². The van der Waals surface area contributed by atoms with Gasteiger partial charge in [0.05, 0.1) is 11.4 Å². The quantitative estimate of drug-likeness (QED) is 0.547. The molecule has 0 spiro atoms. The van der Waals surface area contributed by atoms with Crippen LogP contribution in [0.25, 0.3) is 0 Å². The summed E-state index contributed by atoms with van der Waals surface area (Å²) in [6, 6.07) is 17.6. The third-order valence-electron chi connectivity index (χ3n) is 2.87. The second kappa shape index (κ2) is 6.74. The smallest absolute Gasteiger partial charge is 0.0806 e. The maximum atomic E-state index is 6.41. The van der Waals surface area contributed by atoms with Gasteiger partial charge in [0.25, 0.3) is 0 Å². The zero-order valence-corrected chi connectivity index (χ0v) is 12.1. The van der Waals surface area contributed by atoms with Gasteiger partial charge >= 0.3 is 0 Å². The average Bonchev–Trinajstić information content (AvgIpc) is 2.46. The van der Waals surface area contributed by atoms with Gasteiger partial charge in [-0.2, -0.15) is 0 Å². The maximum absolute atomic E-state index is 6.41. The fourth-order valence-corrected chi connectivity index (χ4v) is 2.08. The van der Waals surface area contributed by atoms with Gasteiger partial charge in [-0.05, 0) is 30.2 Å². The highest BCUT2D eigenvalue weighted by Gasteiger charge is 2.14. The minimum absolute atomic E-state index is 0.0137. The van der Waals surface area contributed by atoms with Crippen LogP contribution in [-0.2, 0) is 0 Å². The van der Waals surface area contributed by atoms with Crippen LogP contribution in [0, 0.1) is 0 Å². The van der Waals surface area contributed by atoms with E-state index in [0.29, 0.717) is 0 Å². The van der Waals surface area contributed by atoms with Crippen molar-refractivity contribution in [3.63, 3.8) is 0 Å². The fourth-order valence-electron chi connectivity index (χ4n) is 1.74. The van der Waals surface area contributed by atoms with Gasteiger partial charge in [-0.3, -0.25) is 4.99 Å². The lowest BCUT2D eigenvalue weighted by atomic mass is 10.1. The summed E-state index contributed by atoms with van der Waals surface area (Å²) in [5, 5.41) is 0.606. The van der Waals surface area contributed by atoms with Gasteiger partial charge in [-0.15, -0.1) is 11.6 Å². The van der Waals surface area contributed by atoms with Crippen LogP contribution in [-0.4, -0.2) is 12.3 Å². The molecule has 0 aliphatic rings. The lowest BCUT2D eigenvalue weighted by Crippen LogP contribution is -2.07. The molecule has 0 bridgehead atoms. The Hall–Kier alpha value is -1.31. The minimum atomic E-state index is -0.121. The van der Waals surface area contributed by atoms with Crippen molar-refractivity contribution in [1.82, 2.24) is 0 Å². The molecule has 0 aromatic heterocycles.